The molecule has 1 aliphatic carbocycles. The number of carbonyl (C=O) groups excluding carboxylic acids is 1. The van der Waals surface area contributed by atoms with E-state index in [2.05, 4.69) is 21.2 Å². The molecule has 1 heterocycles. The molecule has 0 saturated heterocycles. The molecule has 1 aromatic carbocycles. The van der Waals surface area contributed by atoms with E-state index in [9.17, 15) is 9.00 Å². The molecule has 1 saturated carbocycles. The summed E-state index contributed by atoms with van der Waals surface area (Å²) in [5.41, 5.74) is 0. The number of nitrogens with one attached hydrogen (secondary N) is 1. The van der Waals surface area contributed by atoms with Gasteiger partial charge in [-0.15, -0.1) is 0 Å². The summed E-state index contributed by atoms with van der Waals surface area (Å²) in [6, 6.07) is 11.0. The molecule has 6 heteroatoms. The van der Waals surface area contributed by atoms with Gasteiger partial charge in [-0.3, -0.25) is 9.00 Å². The molecule has 1 aliphatic rings. The van der Waals surface area contributed by atoms with Crippen LogP contribution in [0, 0.1) is 0 Å². The molecule has 128 valence electrons. The first-order chi connectivity index (χ1) is 11.6. The van der Waals surface area contributed by atoms with Crippen molar-refractivity contribution in [2.75, 3.05) is 0 Å². The van der Waals surface area contributed by atoms with E-state index in [1.807, 2.05) is 24.3 Å². The number of furan rings is 1. The number of halogens is 1. The third kappa shape index (κ3) is 4.57. The molecule has 24 heavy (non-hydrogen) atoms. The Bertz CT molecular complexity index is 720. The van der Waals surface area contributed by atoms with E-state index < -0.39 is 10.8 Å². The summed E-state index contributed by atoms with van der Waals surface area (Å²) in [7, 11) is -1.20. The third-order valence-corrected chi connectivity index (χ3v) is 6.05. The first-order valence-electron chi connectivity index (χ1n) is 8.15. The number of rotatable bonds is 5. The van der Waals surface area contributed by atoms with E-state index in [0.29, 0.717) is 11.5 Å². The highest BCUT2D eigenvalue weighted by atomic mass is 79.9. The zero-order valence-corrected chi connectivity index (χ0v) is 15.7. The predicted octanol–water partition coefficient (Wildman–Crippen LogP) is 4.41. The van der Waals surface area contributed by atoms with Crippen LogP contribution >= 0.6 is 15.9 Å². The SMILES string of the molecule is O=C(NC1CCCCC1)c1ccc(C[S@](=O)c2ccc(Br)cc2)o1. The summed E-state index contributed by atoms with van der Waals surface area (Å²) in [5.74, 6) is 0.939. The topological polar surface area (TPSA) is 59.3 Å². The minimum Gasteiger partial charge on any atom is -0.455 e. The van der Waals surface area contributed by atoms with Gasteiger partial charge < -0.3 is 9.73 Å². The van der Waals surface area contributed by atoms with Crippen LogP contribution < -0.4 is 5.32 Å². The van der Waals surface area contributed by atoms with Crippen molar-refractivity contribution >= 4 is 32.6 Å². The van der Waals surface area contributed by atoms with Gasteiger partial charge in [0.2, 0.25) is 0 Å². The second-order valence-electron chi connectivity index (χ2n) is 6.02. The fourth-order valence-corrected chi connectivity index (χ4v) is 4.16. The maximum atomic E-state index is 12.4. The lowest BCUT2D eigenvalue weighted by molar-refractivity contribution is 0.0898. The van der Waals surface area contributed by atoms with E-state index >= 15 is 0 Å². The predicted molar refractivity (Wildman–Crippen MR) is 97.3 cm³/mol. The molecular formula is C18H20BrNO3S. The average molecular weight is 410 g/mol. The van der Waals surface area contributed by atoms with Gasteiger partial charge in [0.15, 0.2) is 5.76 Å². The number of amides is 1. The van der Waals surface area contributed by atoms with Crippen LogP contribution in [0.1, 0.15) is 48.4 Å². The quantitative estimate of drug-likeness (QED) is 0.794. The fourth-order valence-electron chi connectivity index (χ4n) is 2.88. The normalized spacial score (nSPS) is 16.7. The van der Waals surface area contributed by atoms with Crippen molar-refractivity contribution < 1.29 is 13.4 Å². The summed E-state index contributed by atoms with van der Waals surface area (Å²) in [6.07, 6.45) is 5.65. The standard InChI is InChI=1S/C18H20BrNO3S/c19-13-6-9-16(10-7-13)24(22)12-15-8-11-17(23-15)18(21)20-14-4-2-1-3-5-14/h6-11,14H,1-5,12H2,(H,20,21)/t24-/m0/s1. The third-order valence-electron chi connectivity index (χ3n) is 4.18. The first kappa shape index (κ1) is 17.4. The minimum atomic E-state index is -1.20. The number of hydrogen-bond acceptors (Lipinski definition) is 3. The van der Waals surface area contributed by atoms with Gasteiger partial charge in [0.05, 0.1) is 16.6 Å². The molecule has 0 bridgehead atoms. The second kappa shape index (κ2) is 8.12. The zero-order valence-electron chi connectivity index (χ0n) is 13.3. The van der Waals surface area contributed by atoms with Crippen molar-refractivity contribution in [3.05, 3.63) is 52.4 Å². The Hall–Kier alpha value is -1.40. The molecule has 1 fully saturated rings. The molecule has 1 atom stereocenters. The lowest BCUT2D eigenvalue weighted by atomic mass is 9.95. The van der Waals surface area contributed by atoms with Crippen molar-refractivity contribution in [1.82, 2.24) is 5.32 Å². The van der Waals surface area contributed by atoms with Crippen LogP contribution in [-0.2, 0) is 16.6 Å². The lowest BCUT2D eigenvalue weighted by Gasteiger charge is -2.22. The molecule has 3 rings (SSSR count). The van der Waals surface area contributed by atoms with Crippen molar-refractivity contribution in [2.24, 2.45) is 0 Å². The van der Waals surface area contributed by atoms with E-state index in [1.165, 1.54) is 19.3 Å². The van der Waals surface area contributed by atoms with Gasteiger partial charge >= 0.3 is 0 Å². The maximum Gasteiger partial charge on any atom is 0.287 e. The molecular weight excluding hydrogens is 390 g/mol. The van der Waals surface area contributed by atoms with Crippen molar-refractivity contribution in [3.63, 3.8) is 0 Å². The van der Waals surface area contributed by atoms with Gasteiger partial charge in [-0.25, -0.2) is 0 Å². The highest BCUT2D eigenvalue weighted by molar-refractivity contribution is 9.10. The molecule has 0 aliphatic heterocycles. The van der Waals surface area contributed by atoms with E-state index in [4.69, 9.17) is 4.42 Å². The Labute approximate surface area is 152 Å². The zero-order chi connectivity index (χ0) is 16.9. The first-order valence-corrected chi connectivity index (χ1v) is 10.3. The van der Waals surface area contributed by atoms with Crippen molar-refractivity contribution in [3.8, 4) is 0 Å². The van der Waals surface area contributed by atoms with Crippen LogP contribution in [0.25, 0.3) is 0 Å². The molecule has 2 aromatic rings. The summed E-state index contributed by atoms with van der Waals surface area (Å²) in [4.78, 5) is 13.0. The molecule has 1 N–H and O–H groups in total. The Morgan fingerprint density at radius 2 is 1.83 bits per heavy atom. The van der Waals surface area contributed by atoms with Gasteiger partial charge in [-0.2, -0.15) is 0 Å². The lowest BCUT2D eigenvalue weighted by Crippen LogP contribution is -2.35. The average Bonchev–Trinajstić information content (AvgIpc) is 3.05. The Balaban J connectivity index is 1.59. The highest BCUT2D eigenvalue weighted by Crippen LogP contribution is 2.20. The second-order valence-corrected chi connectivity index (χ2v) is 8.38. The molecule has 0 radical (unpaired) electrons. The maximum absolute atomic E-state index is 12.4. The summed E-state index contributed by atoms with van der Waals surface area (Å²) in [5, 5.41) is 3.03. The number of benzene rings is 1. The van der Waals surface area contributed by atoms with Gasteiger partial charge in [-0.05, 0) is 49.2 Å². The number of carbonyl (C=O) groups is 1. The van der Waals surface area contributed by atoms with Gasteiger partial charge in [0.25, 0.3) is 5.91 Å². The Kier molecular flexibility index (Phi) is 5.89. The van der Waals surface area contributed by atoms with Crippen molar-refractivity contribution in [1.29, 1.82) is 0 Å². The van der Waals surface area contributed by atoms with Crippen LogP contribution in [0.15, 0.2) is 50.2 Å². The summed E-state index contributed by atoms with van der Waals surface area (Å²) in [6.45, 7) is 0. The Morgan fingerprint density at radius 3 is 2.54 bits per heavy atom. The van der Waals surface area contributed by atoms with Gasteiger partial charge in [0.1, 0.15) is 5.76 Å². The summed E-state index contributed by atoms with van der Waals surface area (Å²) >= 11 is 3.36. The van der Waals surface area contributed by atoms with E-state index in [-0.39, 0.29) is 17.7 Å². The largest absolute Gasteiger partial charge is 0.455 e. The summed E-state index contributed by atoms with van der Waals surface area (Å²) < 4.78 is 18.9. The highest BCUT2D eigenvalue weighted by Gasteiger charge is 2.19. The van der Waals surface area contributed by atoms with Crippen LogP contribution in [0.4, 0.5) is 0 Å². The molecule has 0 unspecified atom stereocenters. The fraction of sp³-hybridized carbons (Fsp3) is 0.389. The smallest absolute Gasteiger partial charge is 0.287 e. The van der Waals surface area contributed by atoms with Gasteiger partial charge in [-0.1, -0.05) is 35.2 Å². The molecule has 4 nitrogen and oxygen atoms in total. The monoisotopic (exact) mass is 409 g/mol. The van der Waals surface area contributed by atoms with E-state index in [1.54, 1.807) is 12.1 Å². The minimum absolute atomic E-state index is 0.178. The van der Waals surface area contributed by atoms with Crippen LogP contribution in [0.5, 0.6) is 0 Å². The van der Waals surface area contributed by atoms with Crippen LogP contribution in [0.2, 0.25) is 0 Å². The molecule has 1 aromatic heterocycles. The Morgan fingerprint density at radius 1 is 1.12 bits per heavy atom. The molecule has 1 amide bonds. The van der Waals surface area contributed by atoms with Crippen LogP contribution in [-0.4, -0.2) is 16.2 Å². The van der Waals surface area contributed by atoms with E-state index in [0.717, 1.165) is 22.2 Å². The molecule has 0 spiro atoms. The van der Waals surface area contributed by atoms with Crippen LogP contribution in [0.3, 0.4) is 0 Å². The van der Waals surface area contributed by atoms with Crippen molar-refractivity contribution in [2.45, 2.75) is 48.8 Å². The van der Waals surface area contributed by atoms with Gasteiger partial charge in [0, 0.05) is 15.4 Å². The number of hydrogen-bond donors (Lipinski definition) is 1.